The van der Waals surface area contributed by atoms with Crippen LogP contribution in [0.4, 0.5) is 0 Å². The molecule has 1 heterocycles. The van der Waals surface area contributed by atoms with Crippen molar-refractivity contribution in [3.8, 4) is 27.4 Å². The molecule has 0 aliphatic carbocycles. The van der Waals surface area contributed by atoms with Crippen LogP contribution in [0.1, 0.15) is 10.6 Å². The van der Waals surface area contributed by atoms with Crippen molar-refractivity contribution in [3.63, 3.8) is 0 Å². The molecule has 0 radical (unpaired) electrons. The van der Waals surface area contributed by atoms with Gasteiger partial charge in [-0.1, -0.05) is 35.6 Å². The zero-order valence-corrected chi connectivity index (χ0v) is 12.1. The van der Waals surface area contributed by atoms with Crippen LogP contribution < -0.4 is 0 Å². The molecule has 2 aromatic carbocycles. The van der Waals surface area contributed by atoms with Crippen LogP contribution in [0.25, 0.3) is 21.7 Å². The Morgan fingerprint density at radius 2 is 1.65 bits per heavy atom. The highest BCUT2D eigenvalue weighted by atomic mass is 32.1. The smallest absolute Gasteiger partial charge is 0.147 e. The van der Waals surface area contributed by atoms with Gasteiger partial charge in [-0.3, -0.25) is 0 Å². The van der Waals surface area contributed by atoms with E-state index >= 15 is 0 Å². The summed E-state index contributed by atoms with van der Waals surface area (Å²) < 4.78 is 0. The average molecular weight is 282 g/mol. The highest BCUT2D eigenvalue weighted by Gasteiger charge is 2.06. The molecule has 0 bridgehead atoms. The molecular weight excluding hydrogens is 268 g/mol. The highest BCUT2D eigenvalue weighted by Crippen LogP contribution is 2.30. The minimum absolute atomic E-state index is 0.324. The minimum Gasteiger partial charge on any atom is -0.508 e. The van der Waals surface area contributed by atoms with Crippen LogP contribution in [0.15, 0.2) is 42.5 Å². The maximum absolute atomic E-state index is 9.61. The Hall–Kier alpha value is -2.20. The Balaban J connectivity index is 2.04. The Labute approximate surface area is 121 Å². The molecule has 0 amide bonds. The Morgan fingerprint density at radius 3 is 2.35 bits per heavy atom. The molecule has 0 saturated heterocycles. The molecule has 20 heavy (non-hydrogen) atoms. The van der Waals surface area contributed by atoms with Crippen LogP contribution in [0.3, 0.4) is 0 Å². The molecule has 0 unspecified atom stereocenters. The van der Waals surface area contributed by atoms with Crippen molar-refractivity contribution in [2.45, 2.75) is 13.8 Å². The van der Waals surface area contributed by atoms with Gasteiger partial charge in [0.25, 0.3) is 0 Å². The van der Waals surface area contributed by atoms with Gasteiger partial charge in [0.1, 0.15) is 15.8 Å². The van der Waals surface area contributed by atoms with Crippen LogP contribution in [0, 0.1) is 13.8 Å². The monoisotopic (exact) mass is 282 g/mol. The minimum atomic E-state index is 0.324. The van der Waals surface area contributed by atoms with Crippen molar-refractivity contribution in [3.05, 3.63) is 53.0 Å². The summed E-state index contributed by atoms with van der Waals surface area (Å²) in [5.41, 5.74) is 4.14. The van der Waals surface area contributed by atoms with E-state index in [9.17, 15) is 5.11 Å². The van der Waals surface area contributed by atoms with Gasteiger partial charge in [-0.15, -0.1) is 10.2 Å². The number of phenols is 1. The van der Waals surface area contributed by atoms with Crippen molar-refractivity contribution in [1.82, 2.24) is 10.2 Å². The van der Waals surface area contributed by atoms with Gasteiger partial charge >= 0.3 is 0 Å². The molecule has 1 aromatic heterocycles. The molecule has 3 aromatic rings. The normalized spacial score (nSPS) is 10.7. The molecule has 0 atom stereocenters. The molecule has 3 rings (SSSR count). The van der Waals surface area contributed by atoms with Crippen LogP contribution >= 0.6 is 11.3 Å². The highest BCUT2D eigenvalue weighted by molar-refractivity contribution is 7.14. The number of nitrogens with zero attached hydrogens (tertiary/aromatic N) is 2. The van der Waals surface area contributed by atoms with Gasteiger partial charge in [-0.25, -0.2) is 0 Å². The Kier molecular flexibility index (Phi) is 3.24. The van der Waals surface area contributed by atoms with E-state index in [1.54, 1.807) is 17.4 Å². The van der Waals surface area contributed by atoms with Crippen LogP contribution in [0.2, 0.25) is 0 Å². The number of rotatable bonds is 2. The molecule has 0 saturated carbocycles. The molecule has 0 aliphatic heterocycles. The lowest BCUT2D eigenvalue weighted by molar-refractivity contribution is 0.471. The van der Waals surface area contributed by atoms with E-state index in [1.165, 1.54) is 0 Å². The largest absolute Gasteiger partial charge is 0.508 e. The second-order valence-corrected chi connectivity index (χ2v) is 5.89. The van der Waals surface area contributed by atoms with Gasteiger partial charge in [0.2, 0.25) is 0 Å². The van der Waals surface area contributed by atoms with E-state index in [2.05, 4.69) is 22.3 Å². The molecule has 4 heteroatoms. The third kappa shape index (κ3) is 2.42. The summed E-state index contributed by atoms with van der Waals surface area (Å²) >= 11 is 1.59. The summed E-state index contributed by atoms with van der Waals surface area (Å²) in [5.74, 6) is 0.324. The van der Waals surface area contributed by atoms with Gasteiger partial charge in [0, 0.05) is 5.56 Å². The molecular formula is C16H14N2OS. The predicted molar refractivity (Wildman–Crippen MR) is 81.9 cm³/mol. The van der Waals surface area contributed by atoms with Crippen LogP contribution in [-0.2, 0) is 0 Å². The van der Waals surface area contributed by atoms with E-state index < -0.39 is 0 Å². The number of aryl methyl sites for hydroxylation is 2. The third-order valence-corrected chi connectivity index (χ3v) is 4.05. The standard InChI is InChI=1S/C16H14N2OS/c1-10-8-13(6-7-15(10)19)12-4-3-5-14(9-12)16-18-17-11(2)20-16/h3-9,19H,1-2H3. The van der Waals surface area contributed by atoms with Gasteiger partial charge in [-0.2, -0.15) is 0 Å². The number of hydrogen-bond acceptors (Lipinski definition) is 4. The second-order valence-electron chi connectivity index (χ2n) is 4.71. The topological polar surface area (TPSA) is 46.0 Å². The van der Waals surface area contributed by atoms with Gasteiger partial charge in [-0.05, 0) is 48.7 Å². The predicted octanol–water partition coefficient (Wildman–Crippen LogP) is 4.19. The summed E-state index contributed by atoms with van der Waals surface area (Å²) in [7, 11) is 0. The van der Waals surface area contributed by atoms with E-state index in [-0.39, 0.29) is 0 Å². The summed E-state index contributed by atoms with van der Waals surface area (Å²) in [4.78, 5) is 0. The number of aromatic hydroxyl groups is 1. The molecule has 0 aliphatic rings. The fraction of sp³-hybridized carbons (Fsp3) is 0.125. The fourth-order valence-electron chi connectivity index (χ4n) is 2.08. The number of aromatic nitrogens is 2. The number of benzene rings is 2. The maximum atomic E-state index is 9.61. The SMILES string of the molecule is Cc1nnc(-c2cccc(-c3ccc(O)c(C)c3)c2)s1. The summed E-state index contributed by atoms with van der Waals surface area (Å²) in [6, 6.07) is 13.9. The van der Waals surface area contributed by atoms with Crippen molar-refractivity contribution >= 4 is 11.3 Å². The zero-order valence-electron chi connectivity index (χ0n) is 11.3. The van der Waals surface area contributed by atoms with E-state index in [1.807, 2.05) is 38.1 Å². The van der Waals surface area contributed by atoms with Crippen LogP contribution in [-0.4, -0.2) is 15.3 Å². The summed E-state index contributed by atoms with van der Waals surface area (Å²) in [6.45, 7) is 3.85. The molecule has 1 N–H and O–H groups in total. The summed E-state index contributed by atoms with van der Waals surface area (Å²) in [6.07, 6.45) is 0. The zero-order chi connectivity index (χ0) is 14.1. The van der Waals surface area contributed by atoms with Crippen molar-refractivity contribution < 1.29 is 5.11 Å². The van der Waals surface area contributed by atoms with Gasteiger partial charge in [0.15, 0.2) is 0 Å². The Morgan fingerprint density at radius 1 is 0.900 bits per heavy atom. The second kappa shape index (κ2) is 5.06. The number of hydrogen-bond donors (Lipinski definition) is 1. The quantitative estimate of drug-likeness (QED) is 0.766. The van der Waals surface area contributed by atoms with E-state index in [0.717, 1.165) is 32.3 Å². The molecule has 0 spiro atoms. The number of phenolic OH excluding ortho intramolecular Hbond substituents is 1. The van der Waals surface area contributed by atoms with Crippen molar-refractivity contribution in [2.24, 2.45) is 0 Å². The lowest BCUT2D eigenvalue weighted by atomic mass is 10.0. The van der Waals surface area contributed by atoms with Gasteiger partial charge < -0.3 is 5.11 Å². The third-order valence-electron chi connectivity index (χ3n) is 3.17. The lowest BCUT2D eigenvalue weighted by Crippen LogP contribution is -1.83. The maximum Gasteiger partial charge on any atom is 0.147 e. The first kappa shape index (κ1) is 12.8. The average Bonchev–Trinajstić information content (AvgIpc) is 2.89. The van der Waals surface area contributed by atoms with Crippen LogP contribution in [0.5, 0.6) is 5.75 Å². The lowest BCUT2D eigenvalue weighted by Gasteiger charge is -2.06. The molecule has 0 fully saturated rings. The Bertz CT molecular complexity index is 765. The fourth-order valence-corrected chi connectivity index (χ4v) is 2.77. The van der Waals surface area contributed by atoms with E-state index in [0.29, 0.717) is 5.75 Å². The first-order valence-corrected chi connectivity index (χ1v) is 7.15. The van der Waals surface area contributed by atoms with E-state index in [4.69, 9.17) is 0 Å². The molecule has 3 nitrogen and oxygen atoms in total. The summed E-state index contributed by atoms with van der Waals surface area (Å²) in [5, 5.41) is 19.7. The van der Waals surface area contributed by atoms with Crippen molar-refractivity contribution in [2.75, 3.05) is 0 Å². The molecule has 100 valence electrons. The first-order chi connectivity index (χ1) is 9.63. The van der Waals surface area contributed by atoms with Crippen molar-refractivity contribution in [1.29, 1.82) is 0 Å². The first-order valence-electron chi connectivity index (χ1n) is 6.34. The van der Waals surface area contributed by atoms with Gasteiger partial charge in [0.05, 0.1) is 0 Å².